The Labute approximate surface area is 179 Å². The van der Waals surface area contributed by atoms with Gasteiger partial charge in [0.2, 0.25) is 11.8 Å². The van der Waals surface area contributed by atoms with Gasteiger partial charge in [0.25, 0.3) is 5.91 Å². The van der Waals surface area contributed by atoms with Gasteiger partial charge in [-0.05, 0) is 49.3 Å². The Balaban J connectivity index is 1.65. The van der Waals surface area contributed by atoms with Gasteiger partial charge in [0.15, 0.2) is 5.11 Å². The molecule has 162 valence electrons. The van der Waals surface area contributed by atoms with Gasteiger partial charge in [0.1, 0.15) is 6.61 Å². The van der Waals surface area contributed by atoms with E-state index in [4.69, 9.17) is 21.7 Å². The number of carbonyl (C=O) groups excluding carboxylic acids is 4. The lowest BCUT2D eigenvalue weighted by atomic mass is 10.2. The molecule has 0 bridgehead atoms. The first-order valence-electron chi connectivity index (χ1n) is 9.34. The normalized spacial score (nSPS) is 12.4. The van der Waals surface area contributed by atoms with Crippen molar-refractivity contribution < 1.29 is 28.7 Å². The fourth-order valence-electron chi connectivity index (χ4n) is 2.23. The Morgan fingerprint density at radius 3 is 2.37 bits per heavy atom. The van der Waals surface area contributed by atoms with E-state index in [-0.39, 0.29) is 43.0 Å². The van der Waals surface area contributed by atoms with Crippen LogP contribution in [0.3, 0.4) is 0 Å². The average Bonchev–Trinajstić information content (AvgIpc) is 3.57. The molecule has 0 aliphatic heterocycles. The zero-order valence-electron chi connectivity index (χ0n) is 16.5. The first kappa shape index (κ1) is 23.2. The number of amides is 3. The second-order valence-electron chi connectivity index (χ2n) is 6.51. The Morgan fingerprint density at radius 1 is 1.03 bits per heavy atom. The molecule has 0 spiro atoms. The number of thiocarbonyl (C=S) groups is 1. The smallest absolute Gasteiger partial charge is 0.306 e. The van der Waals surface area contributed by atoms with E-state index in [2.05, 4.69) is 21.5 Å². The van der Waals surface area contributed by atoms with Gasteiger partial charge in [0, 0.05) is 30.7 Å². The van der Waals surface area contributed by atoms with Gasteiger partial charge >= 0.3 is 5.97 Å². The molecule has 1 saturated carbocycles. The third kappa shape index (κ3) is 8.53. The lowest BCUT2D eigenvalue weighted by Crippen LogP contribution is -2.48. The summed E-state index contributed by atoms with van der Waals surface area (Å²) in [5.41, 5.74) is 5.71. The standard InChI is InChI=1S/C19H24N4O6S/c1-28-10-11-29-16(25)9-8-15(24)21-19(30)23-22-18(27)13-4-6-14(7-5-13)20-17(26)12-2-3-12/h4-7,12H,2-3,8-11H2,1H3,(H,20,26)(H,22,27)(H2,21,23,24,30). The molecule has 0 radical (unpaired) electrons. The van der Waals surface area contributed by atoms with Crippen LogP contribution in [0.5, 0.6) is 0 Å². The van der Waals surface area contributed by atoms with Crippen LogP contribution in [-0.4, -0.2) is 49.1 Å². The molecule has 1 aliphatic rings. The van der Waals surface area contributed by atoms with E-state index in [0.717, 1.165) is 12.8 Å². The minimum Gasteiger partial charge on any atom is -0.463 e. The van der Waals surface area contributed by atoms with Gasteiger partial charge in [-0.15, -0.1) is 0 Å². The van der Waals surface area contributed by atoms with E-state index in [9.17, 15) is 19.2 Å². The van der Waals surface area contributed by atoms with Crippen LogP contribution in [0.15, 0.2) is 24.3 Å². The molecule has 1 aromatic carbocycles. The molecule has 3 amide bonds. The molecule has 30 heavy (non-hydrogen) atoms. The molecule has 0 saturated heterocycles. The van der Waals surface area contributed by atoms with Crippen LogP contribution in [0.2, 0.25) is 0 Å². The molecule has 0 aromatic heterocycles. The van der Waals surface area contributed by atoms with E-state index in [1.54, 1.807) is 24.3 Å². The van der Waals surface area contributed by atoms with Crippen LogP contribution in [-0.2, 0) is 23.9 Å². The number of hydrogen-bond acceptors (Lipinski definition) is 7. The molecule has 10 nitrogen and oxygen atoms in total. The summed E-state index contributed by atoms with van der Waals surface area (Å²) in [4.78, 5) is 47.0. The molecular weight excluding hydrogens is 412 g/mol. The number of rotatable bonds is 9. The fraction of sp³-hybridized carbons (Fsp3) is 0.421. The van der Waals surface area contributed by atoms with E-state index in [1.807, 2.05) is 0 Å². The maximum atomic E-state index is 12.1. The van der Waals surface area contributed by atoms with Crippen molar-refractivity contribution in [1.82, 2.24) is 16.2 Å². The molecule has 0 unspecified atom stereocenters. The number of anilines is 1. The van der Waals surface area contributed by atoms with Gasteiger partial charge in [-0.3, -0.25) is 30.0 Å². The van der Waals surface area contributed by atoms with Gasteiger partial charge < -0.3 is 20.1 Å². The molecule has 2 rings (SSSR count). The SMILES string of the molecule is COCCOC(=O)CCC(=O)NC(=S)NNC(=O)c1ccc(NC(=O)C2CC2)cc1. The molecular formula is C19H24N4O6S. The summed E-state index contributed by atoms with van der Waals surface area (Å²) >= 11 is 4.92. The Morgan fingerprint density at radius 2 is 1.73 bits per heavy atom. The summed E-state index contributed by atoms with van der Waals surface area (Å²) in [5, 5.41) is 5.01. The van der Waals surface area contributed by atoms with E-state index >= 15 is 0 Å². The number of hydrazine groups is 1. The second-order valence-corrected chi connectivity index (χ2v) is 6.92. The first-order valence-corrected chi connectivity index (χ1v) is 9.75. The number of hydrogen-bond donors (Lipinski definition) is 4. The molecule has 1 aromatic rings. The zero-order valence-corrected chi connectivity index (χ0v) is 17.3. The molecule has 11 heteroatoms. The highest BCUT2D eigenvalue weighted by molar-refractivity contribution is 7.80. The van der Waals surface area contributed by atoms with Crippen molar-refractivity contribution in [3.8, 4) is 0 Å². The molecule has 0 heterocycles. The summed E-state index contributed by atoms with van der Waals surface area (Å²) in [5.74, 6) is -1.42. The van der Waals surface area contributed by atoms with Gasteiger partial charge in [-0.25, -0.2) is 0 Å². The van der Waals surface area contributed by atoms with Crippen molar-refractivity contribution >= 4 is 46.7 Å². The number of benzene rings is 1. The number of esters is 1. The lowest BCUT2D eigenvalue weighted by molar-refractivity contribution is -0.146. The highest BCUT2D eigenvalue weighted by Crippen LogP contribution is 2.30. The minimum atomic E-state index is -0.522. The van der Waals surface area contributed by atoms with Crippen molar-refractivity contribution in [2.45, 2.75) is 25.7 Å². The first-order chi connectivity index (χ1) is 14.4. The Bertz CT molecular complexity index is 795. The number of nitrogens with one attached hydrogen (secondary N) is 4. The van der Waals surface area contributed by atoms with Crippen LogP contribution in [0.1, 0.15) is 36.0 Å². The van der Waals surface area contributed by atoms with E-state index in [1.165, 1.54) is 7.11 Å². The Hall–Kier alpha value is -3.05. The predicted molar refractivity (Wildman–Crippen MR) is 111 cm³/mol. The molecule has 1 aliphatic carbocycles. The van der Waals surface area contributed by atoms with Crippen molar-refractivity contribution in [2.75, 3.05) is 25.6 Å². The quantitative estimate of drug-likeness (QED) is 0.192. The highest BCUT2D eigenvalue weighted by Gasteiger charge is 2.29. The van der Waals surface area contributed by atoms with Crippen molar-refractivity contribution in [3.05, 3.63) is 29.8 Å². The highest BCUT2D eigenvalue weighted by atomic mass is 32.1. The molecule has 1 fully saturated rings. The van der Waals surface area contributed by atoms with Gasteiger partial charge in [-0.1, -0.05) is 0 Å². The minimum absolute atomic E-state index is 0.0156. The maximum absolute atomic E-state index is 12.1. The van der Waals surface area contributed by atoms with E-state index < -0.39 is 17.8 Å². The van der Waals surface area contributed by atoms with Crippen molar-refractivity contribution in [3.63, 3.8) is 0 Å². The third-order valence-electron chi connectivity index (χ3n) is 4.01. The van der Waals surface area contributed by atoms with Crippen LogP contribution in [0.4, 0.5) is 5.69 Å². The van der Waals surface area contributed by atoms with Crippen LogP contribution < -0.4 is 21.5 Å². The average molecular weight is 436 g/mol. The summed E-state index contributed by atoms with van der Waals surface area (Å²) in [6, 6.07) is 6.36. The van der Waals surface area contributed by atoms with Gasteiger partial charge in [-0.2, -0.15) is 0 Å². The zero-order chi connectivity index (χ0) is 21.9. The van der Waals surface area contributed by atoms with Crippen molar-refractivity contribution in [2.24, 2.45) is 5.92 Å². The third-order valence-corrected chi connectivity index (χ3v) is 4.22. The monoisotopic (exact) mass is 436 g/mol. The van der Waals surface area contributed by atoms with Crippen molar-refractivity contribution in [1.29, 1.82) is 0 Å². The number of carbonyl (C=O) groups is 4. The topological polar surface area (TPSA) is 135 Å². The summed E-state index contributed by atoms with van der Waals surface area (Å²) in [7, 11) is 1.48. The number of methoxy groups -OCH3 is 1. The van der Waals surface area contributed by atoms with Crippen LogP contribution in [0, 0.1) is 5.92 Å². The van der Waals surface area contributed by atoms with Crippen LogP contribution in [0.25, 0.3) is 0 Å². The van der Waals surface area contributed by atoms with Crippen LogP contribution >= 0.6 is 12.2 Å². The summed E-state index contributed by atoms with van der Waals surface area (Å²) in [6.07, 6.45) is 1.60. The summed E-state index contributed by atoms with van der Waals surface area (Å²) < 4.78 is 9.58. The maximum Gasteiger partial charge on any atom is 0.306 e. The second kappa shape index (κ2) is 11.8. The van der Waals surface area contributed by atoms with E-state index in [0.29, 0.717) is 11.3 Å². The summed E-state index contributed by atoms with van der Waals surface area (Å²) in [6.45, 7) is 0.403. The number of ether oxygens (including phenoxy) is 2. The molecule has 0 atom stereocenters. The van der Waals surface area contributed by atoms with Gasteiger partial charge in [0.05, 0.1) is 13.0 Å². The fourth-order valence-corrected chi connectivity index (χ4v) is 2.39. The largest absolute Gasteiger partial charge is 0.463 e. The lowest BCUT2D eigenvalue weighted by Gasteiger charge is -2.11. The Kier molecular flexibility index (Phi) is 9.16. The predicted octanol–water partition coefficient (Wildman–Crippen LogP) is 0.640. The molecule has 4 N–H and O–H groups in total.